The Morgan fingerprint density at radius 3 is 2.62 bits per heavy atom. The molecule has 2 atom stereocenters. The maximum atomic E-state index is 11.0. The topological polar surface area (TPSA) is 43.1 Å². The number of halogens is 1. The molecule has 16 heavy (non-hydrogen) atoms. The number of benzene rings is 1. The van der Waals surface area contributed by atoms with Gasteiger partial charge in [-0.3, -0.25) is 10.1 Å². The zero-order chi connectivity index (χ0) is 11.5. The van der Waals surface area contributed by atoms with Crippen molar-refractivity contribution < 1.29 is 4.92 Å². The fourth-order valence-electron chi connectivity index (χ4n) is 2.14. The number of allylic oxidation sites excluding steroid dienone is 1. The van der Waals surface area contributed by atoms with Gasteiger partial charge in [0.05, 0.1) is 5.92 Å². The molecule has 0 fully saturated rings. The van der Waals surface area contributed by atoms with E-state index in [-0.39, 0.29) is 10.8 Å². The first kappa shape index (κ1) is 11.1. The van der Waals surface area contributed by atoms with Gasteiger partial charge in [-0.1, -0.05) is 42.0 Å². The van der Waals surface area contributed by atoms with Crippen molar-refractivity contribution in [2.75, 3.05) is 0 Å². The Morgan fingerprint density at radius 2 is 1.94 bits per heavy atom. The van der Waals surface area contributed by atoms with E-state index in [1.54, 1.807) is 6.07 Å². The third-order valence-corrected chi connectivity index (χ3v) is 3.32. The Bertz CT molecular complexity index is 431. The van der Waals surface area contributed by atoms with Crippen molar-refractivity contribution in [3.05, 3.63) is 57.1 Å². The Kier molecular flexibility index (Phi) is 3.25. The van der Waals surface area contributed by atoms with E-state index in [1.807, 2.05) is 30.4 Å². The molecule has 0 radical (unpaired) electrons. The van der Waals surface area contributed by atoms with Gasteiger partial charge in [-0.15, -0.1) is 0 Å². The van der Waals surface area contributed by atoms with Crippen LogP contribution in [0.3, 0.4) is 0 Å². The van der Waals surface area contributed by atoms with Crippen molar-refractivity contribution in [1.29, 1.82) is 0 Å². The fourth-order valence-corrected chi connectivity index (χ4v) is 2.42. The Hall–Kier alpha value is -1.35. The molecule has 0 aliphatic heterocycles. The summed E-state index contributed by atoms with van der Waals surface area (Å²) in [4.78, 5) is 10.8. The number of nitro groups is 1. The van der Waals surface area contributed by atoms with Gasteiger partial charge in [0.15, 0.2) is 0 Å². The molecule has 84 valence electrons. The van der Waals surface area contributed by atoms with Crippen LogP contribution in [0.5, 0.6) is 0 Å². The van der Waals surface area contributed by atoms with E-state index in [2.05, 4.69) is 0 Å². The Balaban J connectivity index is 2.35. The molecule has 1 aromatic carbocycles. The van der Waals surface area contributed by atoms with Gasteiger partial charge < -0.3 is 0 Å². The van der Waals surface area contributed by atoms with E-state index >= 15 is 0 Å². The lowest BCUT2D eigenvalue weighted by Crippen LogP contribution is -2.28. The van der Waals surface area contributed by atoms with Crippen molar-refractivity contribution in [2.45, 2.75) is 24.8 Å². The third kappa shape index (κ3) is 2.09. The molecule has 1 aromatic rings. The number of rotatable bonds is 2. The minimum atomic E-state index is -0.551. The molecule has 3 nitrogen and oxygen atoms in total. The van der Waals surface area contributed by atoms with Gasteiger partial charge in [-0.05, 0) is 18.1 Å². The van der Waals surface area contributed by atoms with E-state index in [4.69, 9.17) is 11.6 Å². The van der Waals surface area contributed by atoms with Crippen molar-refractivity contribution in [1.82, 2.24) is 0 Å². The minimum Gasteiger partial charge on any atom is -0.264 e. The lowest BCUT2D eigenvalue weighted by atomic mass is 9.84. The summed E-state index contributed by atoms with van der Waals surface area (Å²) < 4.78 is 0. The van der Waals surface area contributed by atoms with Gasteiger partial charge in [-0.2, -0.15) is 0 Å². The number of nitrogens with zero attached hydrogens (tertiary/aromatic N) is 1. The van der Waals surface area contributed by atoms with Gasteiger partial charge >= 0.3 is 0 Å². The normalized spacial score (nSPS) is 24.3. The second kappa shape index (κ2) is 4.66. The van der Waals surface area contributed by atoms with Crippen molar-refractivity contribution in [2.24, 2.45) is 0 Å². The molecule has 1 aliphatic rings. The molecule has 4 heteroatoms. The standard InChI is InChI=1S/C12H12ClNO2/c13-11-7-3-1-5-9(11)10-6-2-4-8-12(10)14(15)16/h1-5,7,10,12H,6,8H2/t10-,12-/m1/s1. The summed E-state index contributed by atoms with van der Waals surface area (Å²) in [5.41, 5.74) is 0.884. The van der Waals surface area contributed by atoms with Crippen molar-refractivity contribution >= 4 is 11.6 Å². The van der Waals surface area contributed by atoms with Crippen LogP contribution in [0.4, 0.5) is 0 Å². The molecular weight excluding hydrogens is 226 g/mol. The van der Waals surface area contributed by atoms with Crippen molar-refractivity contribution in [3.8, 4) is 0 Å². The molecular formula is C12H12ClNO2. The van der Waals surface area contributed by atoms with Crippen LogP contribution in [-0.4, -0.2) is 11.0 Å². The highest BCUT2D eigenvalue weighted by atomic mass is 35.5. The molecule has 0 spiro atoms. The van der Waals surface area contributed by atoms with E-state index < -0.39 is 6.04 Å². The van der Waals surface area contributed by atoms with E-state index in [1.165, 1.54) is 0 Å². The van der Waals surface area contributed by atoms with Gasteiger partial charge in [0.2, 0.25) is 6.04 Å². The molecule has 0 saturated heterocycles. The lowest BCUT2D eigenvalue weighted by Gasteiger charge is -2.23. The first-order valence-corrected chi connectivity index (χ1v) is 5.61. The highest BCUT2D eigenvalue weighted by Crippen LogP contribution is 2.34. The summed E-state index contributed by atoms with van der Waals surface area (Å²) in [6.45, 7) is 0. The first-order valence-electron chi connectivity index (χ1n) is 5.23. The smallest absolute Gasteiger partial charge is 0.223 e. The first-order chi connectivity index (χ1) is 7.70. The van der Waals surface area contributed by atoms with Crippen LogP contribution in [0.15, 0.2) is 36.4 Å². The average molecular weight is 238 g/mol. The van der Waals surface area contributed by atoms with E-state index in [9.17, 15) is 10.1 Å². The molecule has 0 unspecified atom stereocenters. The SMILES string of the molecule is O=[N+]([O-])[C@@H]1CC=CC[C@@H]1c1ccccc1Cl. The van der Waals surface area contributed by atoms with Crippen LogP contribution in [0.1, 0.15) is 24.3 Å². The molecule has 2 rings (SSSR count). The lowest BCUT2D eigenvalue weighted by molar-refractivity contribution is -0.526. The van der Waals surface area contributed by atoms with Gasteiger partial charge in [0, 0.05) is 16.4 Å². The molecule has 0 N–H and O–H groups in total. The van der Waals surface area contributed by atoms with E-state index in [0.29, 0.717) is 17.9 Å². The second-order valence-electron chi connectivity index (χ2n) is 3.92. The van der Waals surface area contributed by atoms with E-state index in [0.717, 1.165) is 5.56 Å². The minimum absolute atomic E-state index is 0.103. The maximum absolute atomic E-state index is 11.0. The van der Waals surface area contributed by atoms with Gasteiger partial charge in [-0.25, -0.2) is 0 Å². The zero-order valence-corrected chi connectivity index (χ0v) is 9.43. The highest BCUT2D eigenvalue weighted by molar-refractivity contribution is 6.31. The zero-order valence-electron chi connectivity index (χ0n) is 8.67. The van der Waals surface area contributed by atoms with Gasteiger partial charge in [0.25, 0.3) is 0 Å². The molecule has 0 saturated carbocycles. The fraction of sp³-hybridized carbons (Fsp3) is 0.333. The van der Waals surface area contributed by atoms with Crippen LogP contribution in [-0.2, 0) is 0 Å². The largest absolute Gasteiger partial charge is 0.264 e. The predicted molar refractivity (Wildman–Crippen MR) is 63.3 cm³/mol. The van der Waals surface area contributed by atoms with Gasteiger partial charge in [0.1, 0.15) is 0 Å². The summed E-state index contributed by atoms with van der Waals surface area (Å²) in [7, 11) is 0. The number of hydrogen-bond donors (Lipinski definition) is 0. The molecule has 0 heterocycles. The third-order valence-electron chi connectivity index (χ3n) is 2.97. The Labute approximate surface area is 98.9 Å². The average Bonchev–Trinajstić information content (AvgIpc) is 2.29. The summed E-state index contributed by atoms with van der Waals surface area (Å²) >= 11 is 6.08. The van der Waals surface area contributed by atoms with Crippen LogP contribution >= 0.6 is 11.6 Å². The summed E-state index contributed by atoms with van der Waals surface area (Å²) in [6.07, 6.45) is 5.05. The molecule has 0 bridgehead atoms. The molecule has 0 amide bonds. The quantitative estimate of drug-likeness (QED) is 0.449. The Morgan fingerprint density at radius 1 is 1.25 bits per heavy atom. The van der Waals surface area contributed by atoms with Crippen LogP contribution in [0.25, 0.3) is 0 Å². The van der Waals surface area contributed by atoms with Crippen LogP contribution in [0, 0.1) is 10.1 Å². The van der Waals surface area contributed by atoms with Crippen LogP contribution < -0.4 is 0 Å². The number of hydrogen-bond acceptors (Lipinski definition) is 2. The summed E-state index contributed by atoms with van der Waals surface area (Å²) in [5, 5.41) is 11.6. The molecule has 0 aromatic heterocycles. The summed E-state index contributed by atoms with van der Waals surface area (Å²) in [5.74, 6) is -0.103. The summed E-state index contributed by atoms with van der Waals surface area (Å²) in [6, 6.07) is 6.82. The maximum Gasteiger partial charge on any atom is 0.223 e. The second-order valence-corrected chi connectivity index (χ2v) is 4.33. The highest BCUT2D eigenvalue weighted by Gasteiger charge is 2.33. The molecule has 1 aliphatic carbocycles. The monoisotopic (exact) mass is 237 g/mol. The van der Waals surface area contributed by atoms with Crippen molar-refractivity contribution in [3.63, 3.8) is 0 Å². The predicted octanol–water partition coefficient (Wildman–Crippen LogP) is 3.42. The van der Waals surface area contributed by atoms with Crippen LogP contribution in [0.2, 0.25) is 5.02 Å².